The molecular weight excluding hydrogens is 258 g/mol. The lowest BCUT2D eigenvalue weighted by atomic mass is 10.2. The van der Waals surface area contributed by atoms with E-state index in [1.807, 2.05) is 37.3 Å². The Kier molecular flexibility index (Phi) is 2.94. The van der Waals surface area contributed by atoms with Crippen LogP contribution >= 0.6 is 0 Å². The summed E-state index contributed by atoms with van der Waals surface area (Å²) in [6, 6.07) is 9.42. The number of fused-ring (bicyclic) bond motifs is 1. The van der Waals surface area contributed by atoms with Crippen LogP contribution in [-0.2, 0) is 0 Å². The molecule has 1 N–H and O–H groups in total. The highest BCUT2D eigenvalue weighted by molar-refractivity contribution is 5.90. The van der Waals surface area contributed by atoms with Gasteiger partial charge in [-0.25, -0.2) is 0 Å². The summed E-state index contributed by atoms with van der Waals surface area (Å²) in [5, 5.41) is 14.0. The standard InChI is InChI=1S/C13H13N5O2/c1-8(18(2)13(19)12-14-16-17-15-12)11-7-9-5-3-4-6-10(9)20-11/h3-8H,1-2H3,(H,14,15,16,17). The van der Waals surface area contributed by atoms with E-state index in [0.29, 0.717) is 5.76 Å². The third-order valence-corrected chi connectivity index (χ3v) is 3.29. The van der Waals surface area contributed by atoms with Crippen LogP contribution in [0.1, 0.15) is 29.3 Å². The van der Waals surface area contributed by atoms with Gasteiger partial charge >= 0.3 is 0 Å². The highest BCUT2D eigenvalue weighted by Gasteiger charge is 2.24. The first-order chi connectivity index (χ1) is 9.66. The van der Waals surface area contributed by atoms with Crippen LogP contribution < -0.4 is 0 Å². The normalized spacial score (nSPS) is 12.5. The lowest BCUT2D eigenvalue weighted by Gasteiger charge is -2.21. The maximum atomic E-state index is 12.1. The van der Waals surface area contributed by atoms with Crippen LogP contribution in [0.4, 0.5) is 0 Å². The molecule has 20 heavy (non-hydrogen) atoms. The number of aromatic amines is 1. The highest BCUT2D eigenvalue weighted by Crippen LogP contribution is 2.27. The van der Waals surface area contributed by atoms with Gasteiger partial charge in [0.15, 0.2) is 0 Å². The molecule has 1 aromatic carbocycles. The maximum Gasteiger partial charge on any atom is 0.295 e. The molecule has 3 aromatic rings. The summed E-state index contributed by atoms with van der Waals surface area (Å²) in [6.45, 7) is 1.88. The Morgan fingerprint density at radius 1 is 1.40 bits per heavy atom. The Balaban J connectivity index is 1.87. The fourth-order valence-corrected chi connectivity index (χ4v) is 1.99. The monoisotopic (exact) mass is 271 g/mol. The Hall–Kier alpha value is -2.70. The number of hydrogen-bond acceptors (Lipinski definition) is 5. The number of aromatic nitrogens is 4. The Labute approximate surface area is 114 Å². The van der Waals surface area contributed by atoms with Crippen molar-refractivity contribution >= 4 is 16.9 Å². The Bertz CT molecular complexity index is 701. The molecule has 2 aromatic heterocycles. The minimum Gasteiger partial charge on any atom is -0.459 e. The average Bonchev–Trinajstić information content (AvgIpc) is 3.13. The van der Waals surface area contributed by atoms with Crippen molar-refractivity contribution in [1.82, 2.24) is 25.5 Å². The summed E-state index contributed by atoms with van der Waals surface area (Å²) in [6.07, 6.45) is 0. The summed E-state index contributed by atoms with van der Waals surface area (Å²) in [5.41, 5.74) is 0.801. The second-order valence-corrected chi connectivity index (χ2v) is 4.51. The van der Waals surface area contributed by atoms with E-state index in [1.165, 1.54) is 4.90 Å². The molecule has 0 fully saturated rings. The van der Waals surface area contributed by atoms with Gasteiger partial charge in [0.2, 0.25) is 0 Å². The van der Waals surface area contributed by atoms with E-state index in [1.54, 1.807) is 7.05 Å². The molecule has 1 unspecified atom stereocenters. The van der Waals surface area contributed by atoms with Crippen molar-refractivity contribution in [2.24, 2.45) is 0 Å². The van der Waals surface area contributed by atoms with Crippen molar-refractivity contribution in [2.45, 2.75) is 13.0 Å². The molecule has 0 aliphatic heterocycles. The zero-order valence-electron chi connectivity index (χ0n) is 11.1. The SMILES string of the molecule is CC(c1cc2ccccc2o1)N(C)C(=O)c1nn[nH]n1. The lowest BCUT2D eigenvalue weighted by Crippen LogP contribution is -2.30. The summed E-state index contributed by atoms with van der Waals surface area (Å²) in [4.78, 5) is 13.7. The molecule has 0 aliphatic carbocycles. The van der Waals surface area contributed by atoms with Gasteiger partial charge in [-0.15, -0.1) is 10.2 Å². The molecule has 102 valence electrons. The number of rotatable bonds is 3. The zero-order chi connectivity index (χ0) is 14.1. The first-order valence-corrected chi connectivity index (χ1v) is 6.16. The zero-order valence-corrected chi connectivity index (χ0v) is 11.1. The quantitative estimate of drug-likeness (QED) is 0.784. The summed E-state index contributed by atoms with van der Waals surface area (Å²) >= 11 is 0. The topological polar surface area (TPSA) is 87.9 Å². The second-order valence-electron chi connectivity index (χ2n) is 4.51. The minimum absolute atomic E-state index is 0.0375. The number of nitrogens with one attached hydrogen (secondary N) is 1. The number of carbonyl (C=O) groups excluding carboxylic acids is 1. The molecule has 7 nitrogen and oxygen atoms in total. The molecule has 7 heteroatoms. The van der Waals surface area contributed by atoms with Crippen molar-refractivity contribution in [3.05, 3.63) is 41.9 Å². The molecule has 0 spiro atoms. The van der Waals surface area contributed by atoms with E-state index in [4.69, 9.17) is 4.42 Å². The molecule has 0 radical (unpaired) electrons. The van der Waals surface area contributed by atoms with Gasteiger partial charge in [-0.05, 0) is 24.3 Å². The second kappa shape index (κ2) is 4.76. The predicted molar refractivity (Wildman–Crippen MR) is 70.9 cm³/mol. The first-order valence-electron chi connectivity index (χ1n) is 6.16. The molecule has 2 heterocycles. The van der Waals surface area contributed by atoms with Crippen molar-refractivity contribution in [3.63, 3.8) is 0 Å². The number of benzene rings is 1. The number of furan rings is 1. The number of H-pyrrole nitrogens is 1. The van der Waals surface area contributed by atoms with Crippen molar-refractivity contribution in [3.8, 4) is 0 Å². The third kappa shape index (κ3) is 2.03. The lowest BCUT2D eigenvalue weighted by molar-refractivity contribution is 0.0715. The molecule has 1 atom stereocenters. The maximum absolute atomic E-state index is 12.1. The molecule has 1 amide bonds. The Morgan fingerprint density at radius 2 is 2.20 bits per heavy atom. The van der Waals surface area contributed by atoms with Gasteiger partial charge in [0, 0.05) is 12.4 Å². The number of para-hydroxylation sites is 1. The largest absolute Gasteiger partial charge is 0.459 e. The van der Waals surface area contributed by atoms with Crippen LogP contribution in [0.3, 0.4) is 0 Å². The molecule has 0 bridgehead atoms. The van der Waals surface area contributed by atoms with Crippen LogP contribution in [0, 0.1) is 0 Å². The van der Waals surface area contributed by atoms with Crippen LogP contribution in [0.25, 0.3) is 11.0 Å². The fourth-order valence-electron chi connectivity index (χ4n) is 1.99. The number of amides is 1. The molecule has 3 rings (SSSR count). The van der Waals surface area contributed by atoms with Crippen LogP contribution in [0.2, 0.25) is 0 Å². The third-order valence-electron chi connectivity index (χ3n) is 3.29. The highest BCUT2D eigenvalue weighted by atomic mass is 16.3. The van der Waals surface area contributed by atoms with Crippen LogP contribution in [0.15, 0.2) is 34.7 Å². The van der Waals surface area contributed by atoms with E-state index < -0.39 is 0 Å². The van der Waals surface area contributed by atoms with E-state index in [9.17, 15) is 4.79 Å². The van der Waals surface area contributed by atoms with Gasteiger partial charge in [-0.2, -0.15) is 5.21 Å². The van der Waals surface area contributed by atoms with E-state index in [-0.39, 0.29) is 17.8 Å². The van der Waals surface area contributed by atoms with Gasteiger partial charge in [-0.1, -0.05) is 18.2 Å². The predicted octanol–water partition coefficient (Wildman–Crippen LogP) is 1.78. The Morgan fingerprint density at radius 3 is 2.90 bits per heavy atom. The van der Waals surface area contributed by atoms with Gasteiger partial charge in [0.25, 0.3) is 11.7 Å². The number of tetrazole rings is 1. The van der Waals surface area contributed by atoms with Crippen molar-refractivity contribution in [1.29, 1.82) is 0 Å². The van der Waals surface area contributed by atoms with Crippen molar-refractivity contribution < 1.29 is 9.21 Å². The van der Waals surface area contributed by atoms with Crippen molar-refractivity contribution in [2.75, 3.05) is 7.05 Å². The molecule has 0 saturated carbocycles. The van der Waals surface area contributed by atoms with E-state index in [2.05, 4.69) is 20.6 Å². The smallest absolute Gasteiger partial charge is 0.295 e. The van der Waals surface area contributed by atoms with Gasteiger partial charge in [0.05, 0.1) is 6.04 Å². The van der Waals surface area contributed by atoms with Crippen LogP contribution in [-0.4, -0.2) is 38.5 Å². The summed E-state index contributed by atoms with van der Waals surface area (Å²) < 4.78 is 5.76. The first kappa shape index (κ1) is 12.3. The number of carbonyl (C=O) groups is 1. The number of nitrogens with zero attached hydrogens (tertiary/aromatic N) is 4. The fraction of sp³-hybridized carbons (Fsp3) is 0.231. The molecule has 0 aliphatic rings. The van der Waals surface area contributed by atoms with Gasteiger partial charge in [-0.3, -0.25) is 4.79 Å². The van der Waals surface area contributed by atoms with E-state index >= 15 is 0 Å². The average molecular weight is 271 g/mol. The molecule has 0 saturated heterocycles. The number of hydrogen-bond donors (Lipinski definition) is 1. The van der Waals surface area contributed by atoms with E-state index in [0.717, 1.165) is 11.0 Å². The van der Waals surface area contributed by atoms with Gasteiger partial charge in [0.1, 0.15) is 11.3 Å². The summed E-state index contributed by atoms with van der Waals surface area (Å²) in [7, 11) is 1.68. The van der Waals surface area contributed by atoms with Crippen LogP contribution in [0.5, 0.6) is 0 Å². The summed E-state index contributed by atoms with van der Waals surface area (Å²) in [5.74, 6) is 0.438. The molecular formula is C13H13N5O2. The van der Waals surface area contributed by atoms with Gasteiger partial charge < -0.3 is 9.32 Å². The minimum atomic E-state index is -0.313.